The minimum atomic E-state index is 0. The number of amides is 1. The number of ether oxygens (including phenoxy) is 2. The van der Waals surface area contributed by atoms with Gasteiger partial charge in [0.15, 0.2) is 11.5 Å². The van der Waals surface area contributed by atoms with Gasteiger partial charge in [0.05, 0.1) is 20.6 Å². The van der Waals surface area contributed by atoms with Gasteiger partial charge in [0.1, 0.15) is 0 Å². The highest BCUT2D eigenvalue weighted by Gasteiger charge is 2.14. The number of nitrogens with zero attached hydrogens (tertiary/aromatic N) is 1. The quantitative estimate of drug-likeness (QED) is 0.799. The topological polar surface area (TPSA) is 64.8 Å². The number of aryl methyl sites for hydroxylation is 1. The Hall–Kier alpha value is -2.40. The maximum atomic E-state index is 12.4. The predicted molar refractivity (Wildman–Crippen MR) is 103 cm³/mol. The van der Waals surface area contributed by atoms with Crippen molar-refractivity contribution < 1.29 is 14.3 Å². The van der Waals surface area contributed by atoms with Gasteiger partial charge >= 0.3 is 0 Å². The van der Waals surface area contributed by atoms with Crippen LogP contribution < -0.4 is 15.2 Å². The summed E-state index contributed by atoms with van der Waals surface area (Å²) in [5.74, 6) is 1.40. The van der Waals surface area contributed by atoms with Crippen molar-refractivity contribution in [3.63, 3.8) is 0 Å². The smallest absolute Gasteiger partial charge is 0.227 e. The molecule has 0 saturated carbocycles. The number of hydrogen-bond donors (Lipinski definition) is 1. The monoisotopic (exact) mass is 364 g/mol. The summed E-state index contributed by atoms with van der Waals surface area (Å²) < 4.78 is 10.6. The Morgan fingerprint density at radius 1 is 1.08 bits per heavy atom. The summed E-state index contributed by atoms with van der Waals surface area (Å²) in [6, 6.07) is 11.2. The van der Waals surface area contributed by atoms with Gasteiger partial charge in [-0.05, 0) is 47.9 Å². The summed E-state index contributed by atoms with van der Waals surface area (Å²) in [7, 11) is 5.02. The molecule has 136 valence electrons. The molecule has 2 aromatic rings. The second-order valence-corrected chi connectivity index (χ2v) is 5.80. The van der Waals surface area contributed by atoms with Crippen molar-refractivity contribution in [3.05, 3.63) is 53.1 Å². The lowest BCUT2D eigenvalue weighted by molar-refractivity contribution is -0.129. The lowest BCUT2D eigenvalue weighted by Crippen LogP contribution is -2.28. The van der Waals surface area contributed by atoms with Crippen LogP contribution >= 0.6 is 12.4 Å². The molecule has 25 heavy (non-hydrogen) atoms. The molecule has 0 aliphatic heterocycles. The third-order valence-corrected chi connectivity index (χ3v) is 4.01. The zero-order chi connectivity index (χ0) is 17.7. The van der Waals surface area contributed by atoms with E-state index in [2.05, 4.69) is 0 Å². The highest BCUT2D eigenvalue weighted by Crippen LogP contribution is 2.30. The van der Waals surface area contributed by atoms with Crippen LogP contribution in [0.15, 0.2) is 36.4 Å². The maximum absolute atomic E-state index is 12.4. The molecule has 0 fully saturated rings. The van der Waals surface area contributed by atoms with E-state index in [-0.39, 0.29) is 18.3 Å². The van der Waals surface area contributed by atoms with E-state index in [4.69, 9.17) is 15.2 Å². The van der Waals surface area contributed by atoms with Gasteiger partial charge in [0.2, 0.25) is 5.91 Å². The van der Waals surface area contributed by atoms with E-state index in [1.807, 2.05) is 31.2 Å². The van der Waals surface area contributed by atoms with Gasteiger partial charge in [-0.1, -0.05) is 12.1 Å². The second kappa shape index (κ2) is 9.18. The average Bonchev–Trinajstić information content (AvgIpc) is 2.58. The van der Waals surface area contributed by atoms with Crippen LogP contribution in [0, 0.1) is 6.92 Å². The van der Waals surface area contributed by atoms with Crippen LogP contribution in [0.25, 0.3) is 0 Å². The summed E-state index contributed by atoms with van der Waals surface area (Å²) >= 11 is 0. The van der Waals surface area contributed by atoms with Crippen LogP contribution in [0.2, 0.25) is 0 Å². The zero-order valence-electron chi connectivity index (χ0n) is 15.0. The van der Waals surface area contributed by atoms with Crippen molar-refractivity contribution in [1.82, 2.24) is 4.90 Å². The van der Waals surface area contributed by atoms with Crippen LogP contribution in [-0.4, -0.2) is 32.1 Å². The molecule has 0 heterocycles. The van der Waals surface area contributed by atoms with Crippen LogP contribution in [0.3, 0.4) is 0 Å². The SMILES string of the molecule is COc1cc(C)c(CN(C)C(=O)Cc2ccc(N)cc2)cc1OC.Cl. The number of carbonyl (C=O) groups excluding carboxylic acids is 1. The molecule has 2 N–H and O–H groups in total. The molecule has 0 unspecified atom stereocenters. The highest BCUT2D eigenvalue weighted by molar-refractivity contribution is 5.85. The first-order valence-electron chi connectivity index (χ1n) is 7.74. The number of halogens is 1. The van der Waals surface area contributed by atoms with Gasteiger partial charge in [-0.2, -0.15) is 0 Å². The van der Waals surface area contributed by atoms with Crippen molar-refractivity contribution in [3.8, 4) is 11.5 Å². The van der Waals surface area contributed by atoms with E-state index in [0.717, 1.165) is 16.7 Å². The van der Waals surface area contributed by atoms with Crippen LogP contribution in [-0.2, 0) is 17.8 Å². The molecule has 1 amide bonds. The molecule has 2 rings (SSSR count). The number of methoxy groups -OCH3 is 2. The van der Waals surface area contributed by atoms with Crippen LogP contribution in [0.4, 0.5) is 5.69 Å². The van der Waals surface area contributed by atoms with E-state index in [1.54, 1.807) is 38.3 Å². The molecule has 0 atom stereocenters. The van der Waals surface area contributed by atoms with Gasteiger partial charge in [-0.25, -0.2) is 0 Å². The van der Waals surface area contributed by atoms with Gasteiger partial charge in [-0.15, -0.1) is 12.4 Å². The van der Waals surface area contributed by atoms with Crippen LogP contribution in [0.5, 0.6) is 11.5 Å². The van der Waals surface area contributed by atoms with Gasteiger partial charge in [-0.3, -0.25) is 4.79 Å². The number of benzene rings is 2. The lowest BCUT2D eigenvalue weighted by Gasteiger charge is -2.20. The van der Waals surface area contributed by atoms with Crippen LogP contribution in [0.1, 0.15) is 16.7 Å². The normalized spacial score (nSPS) is 9.92. The Morgan fingerprint density at radius 3 is 2.20 bits per heavy atom. The Bertz CT molecular complexity index is 717. The summed E-state index contributed by atoms with van der Waals surface area (Å²) in [6.45, 7) is 2.51. The lowest BCUT2D eigenvalue weighted by atomic mass is 10.1. The zero-order valence-corrected chi connectivity index (χ0v) is 15.9. The number of hydrogen-bond acceptors (Lipinski definition) is 4. The first-order chi connectivity index (χ1) is 11.4. The molecular weight excluding hydrogens is 340 g/mol. The van der Waals surface area contributed by atoms with Gasteiger partial charge < -0.3 is 20.1 Å². The van der Waals surface area contributed by atoms with Crippen molar-refractivity contribution in [1.29, 1.82) is 0 Å². The fraction of sp³-hybridized carbons (Fsp3) is 0.316. The van der Waals surface area contributed by atoms with Gasteiger partial charge in [0.25, 0.3) is 0 Å². The van der Waals surface area contributed by atoms with E-state index >= 15 is 0 Å². The van der Waals surface area contributed by atoms with Gasteiger partial charge in [0, 0.05) is 19.3 Å². The number of likely N-dealkylation sites (N-methyl/N-ethyl adjacent to an activating group) is 1. The summed E-state index contributed by atoms with van der Waals surface area (Å²) in [5.41, 5.74) is 9.40. The minimum Gasteiger partial charge on any atom is -0.493 e. The summed E-state index contributed by atoms with van der Waals surface area (Å²) in [4.78, 5) is 14.1. The minimum absolute atomic E-state index is 0. The molecule has 0 aliphatic carbocycles. The Morgan fingerprint density at radius 2 is 1.64 bits per heavy atom. The van der Waals surface area contributed by atoms with E-state index in [1.165, 1.54) is 0 Å². The molecule has 0 bridgehead atoms. The third-order valence-electron chi connectivity index (χ3n) is 4.01. The first kappa shape index (κ1) is 20.6. The van der Waals surface area contributed by atoms with E-state index < -0.39 is 0 Å². The van der Waals surface area contributed by atoms with Crippen molar-refractivity contribution in [2.45, 2.75) is 19.9 Å². The van der Waals surface area contributed by atoms with Crippen molar-refractivity contribution >= 4 is 24.0 Å². The maximum Gasteiger partial charge on any atom is 0.227 e. The molecular formula is C19H25ClN2O3. The Kier molecular flexibility index (Phi) is 7.58. The second-order valence-electron chi connectivity index (χ2n) is 5.80. The molecule has 0 aliphatic rings. The Labute approximate surface area is 155 Å². The largest absolute Gasteiger partial charge is 0.493 e. The van der Waals surface area contributed by atoms with E-state index in [9.17, 15) is 4.79 Å². The molecule has 2 aromatic carbocycles. The third kappa shape index (κ3) is 5.29. The molecule has 0 radical (unpaired) electrons. The fourth-order valence-electron chi connectivity index (χ4n) is 2.48. The van der Waals surface area contributed by atoms with Crippen molar-refractivity contribution in [2.24, 2.45) is 0 Å². The fourth-order valence-corrected chi connectivity index (χ4v) is 2.48. The van der Waals surface area contributed by atoms with E-state index in [0.29, 0.717) is 30.2 Å². The number of anilines is 1. The first-order valence-corrected chi connectivity index (χ1v) is 7.74. The Balaban J connectivity index is 0.00000312. The molecule has 6 heteroatoms. The molecule has 0 aromatic heterocycles. The predicted octanol–water partition coefficient (Wildman–Crippen LogP) is 3.22. The van der Waals surface area contributed by atoms with Crippen molar-refractivity contribution in [2.75, 3.05) is 27.0 Å². The number of carbonyl (C=O) groups is 1. The standard InChI is InChI=1S/C19H24N2O3.ClH/c1-13-9-17(23-3)18(24-4)11-15(13)12-21(2)19(22)10-14-5-7-16(20)8-6-14;/h5-9,11H,10,12,20H2,1-4H3;1H. The summed E-state index contributed by atoms with van der Waals surface area (Å²) in [6.07, 6.45) is 0.350. The molecule has 0 spiro atoms. The number of nitrogen functional groups attached to an aromatic ring is 1. The summed E-state index contributed by atoms with van der Waals surface area (Å²) in [5, 5.41) is 0. The number of nitrogens with two attached hydrogens (primary N) is 1. The average molecular weight is 365 g/mol. The molecule has 5 nitrogen and oxygen atoms in total. The molecule has 0 saturated heterocycles. The highest BCUT2D eigenvalue weighted by atomic mass is 35.5. The number of rotatable bonds is 6.